The molecular weight excluding hydrogens is 490 g/mol. The molecule has 0 fully saturated rings. The standard InChI is InChI=1S/C29H28BrNOS/c1-4-6-17-33-28(5-2)29(32-20-24-12-8-10-14-27(24)30)22-15-16-23(19-31)26(18-22)25-13-9-7-11-21(25)3/h5-18,29H,4,20H2,1-3H3/b17-6+,28-5-. The highest BCUT2D eigenvalue weighted by molar-refractivity contribution is 9.10. The van der Waals surface area contributed by atoms with Crippen LogP contribution in [-0.2, 0) is 11.3 Å². The molecule has 0 saturated carbocycles. The Hall–Kier alpha value is -2.58. The van der Waals surface area contributed by atoms with Crippen molar-refractivity contribution in [2.24, 2.45) is 0 Å². The average molecular weight is 519 g/mol. The minimum atomic E-state index is -0.246. The highest BCUT2D eigenvalue weighted by Crippen LogP contribution is 2.38. The maximum atomic E-state index is 9.77. The first kappa shape index (κ1) is 25.1. The Bertz CT molecular complexity index is 1190. The van der Waals surface area contributed by atoms with E-state index in [1.165, 1.54) is 0 Å². The molecule has 1 unspecified atom stereocenters. The van der Waals surface area contributed by atoms with Crippen LogP contribution in [0.4, 0.5) is 0 Å². The number of nitriles is 1. The lowest BCUT2D eigenvalue weighted by atomic mass is 9.93. The maximum Gasteiger partial charge on any atom is 0.114 e. The van der Waals surface area contributed by atoms with E-state index in [-0.39, 0.29) is 6.10 Å². The molecule has 4 heteroatoms. The fourth-order valence-corrected chi connectivity index (χ4v) is 4.86. The summed E-state index contributed by atoms with van der Waals surface area (Å²) in [7, 11) is 0. The smallest absolute Gasteiger partial charge is 0.114 e. The van der Waals surface area contributed by atoms with Gasteiger partial charge in [-0.25, -0.2) is 0 Å². The van der Waals surface area contributed by atoms with Gasteiger partial charge in [-0.2, -0.15) is 5.26 Å². The predicted molar refractivity (Wildman–Crippen MR) is 144 cm³/mol. The summed E-state index contributed by atoms with van der Waals surface area (Å²) in [5, 5.41) is 11.9. The number of rotatable bonds is 9. The fraction of sp³-hybridized carbons (Fsp3) is 0.207. The number of hydrogen-bond acceptors (Lipinski definition) is 3. The number of nitrogens with zero attached hydrogens (tertiary/aromatic N) is 1. The van der Waals surface area contributed by atoms with Gasteiger partial charge in [0.25, 0.3) is 0 Å². The zero-order chi connectivity index (χ0) is 23.6. The van der Waals surface area contributed by atoms with E-state index in [2.05, 4.69) is 77.7 Å². The summed E-state index contributed by atoms with van der Waals surface area (Å²) in [6.45, 7) is 6.72. The third-order valence-corrected chi connectivity index (χ3v) is 7.17. The van der Waals surface area contributed by atoms with Crippen LogP contribution < -0.4 is 0 Å². The number of aryl methyl sites for hydroxylation is 1. The third-order valence-electron chi connectivity index (χ3n) is 5.34. The van der Waals surface area contributed by atoms with E-state index >= 15 is 0 Å². The molecule has 0 aliphatic carbocycles. The van der Waals surface area contributed by atoms with Crippen molar-refractivity contribution < 1.29 is 4.74 Å². The monoisotopic (exact) mass is 517 g/mol. The summed E-state index contributed by atoms with van der Waals surface area (Å²) >= 11 is 5.31. The second-order valence-electron chi connectivity index (χ2n) is 7.60. The van der Waals surface area contributed by atoms with Gasteiger partial charge in [-0.05, 0) is 66.1 Å². The van der Waals surface area contributed by atoms with E-state index < -0.39 is 0 Å². The Morgan fingerprint density at radius 3 is 2.55 bits per heavy atom. The van der Waals surface area contributed by atoms with Crippen LogP contribution in [0.5, 0.6) is 0 Å². The number of benzene rings is 3. The van der Waals surface area contributed by atoms with Crippen molar-refractivity contribution in [2.45, 2.75) is 39.9 Å². The number of hydrogen-bond donors (Lipinski definition) is 0. The van der Waals surface area contributed by atoms with Gasteiger partial charge in [0, 0.05) is 14.9 Å². The lowest BCUT2D eigenvalue weighted by Gasteiger charge is -2.22. The number of allylic oxidation sites excluding steroid dienone is 2. The van der Waals surface area contributed by atoms with Crippen molar-refractivity contribution in [3.63, 3.8) is 0 Å². The number of ether oxygens (including phenoxy) is 1. The molecule has 0 saturated heterocycles. The molecule has 2 nitrogen and oxygen atoms in total. The molecule has 3 aromatic rings. The highest BCUT2D eigenvalue weighted by atomic mass is 79.9. The molecule has 33 heavy (non-hydrogen) atoms. The predicted octanol–water partition coefficient (Wildman–Crippen LogP) is 9.11. The van der Waals surface area contributed by atoms with E-state index in [1.54, 1.807) is 11.8 Å². The van der Waals surface area contributed by atoms with Gasteiger partial charge in [0.1, 0.15) is 6.10 Å². The zero-order valence-corrected chi connectivity index (χ0v) is 21.6. The van der Waals surface area contributed by atoms with Crippen molar-refractivity contribution in [3.8, 4) is 17.2 Å². The van der Waals surface area contributed by atoms with Crippen LogP contribution >= 0.6 is 27.7 Å². The molecule has 0 N–H and O–H groups in total. The van der Waals surface area contributed by atoms with E-state index in [4.69, 9.17) is 4.74 Å². The summed E-state index contributed by atoms with van der Waals surface area (Å²) in [4.78, 5) is 1.12. The van der Waals surface area contributed by atoms with Gasteiger partial charge in [-0.15, -0.1) is 11.8 Å². The molecule has 0 radical (unpaired) electrons. The first-order chi connectivity index (χ1) is 16.1. The highest BCUT2D eigenvalue weighted by Gasteiger charge is 2.20. The van der Waals surface area contributed by atoms with Gasteiger partial charge >= 0.3 is 0 Å². The Labute approximate surface area is 210 Å². The first-order valence-corrected chi connectivity index (χ1v) is 12.7. The average Bonchev–Trinajstić information content (AvgIpc) is 2.84. The largest absolute Gasteiger partial charge is 0.364 e. The van der Waals surface area contributed by atoms with Crippen molar-refractivity contribution >= 4 is 27.7 Å². The topological polar surface area (TPSA) is 33.0 Å². The van der Waals surface area contributed by atoms with Crippen LogP contribution in [0.3, 0.4) is 0 Å². The van der Waals surface area contributed by atoms with E-state index in [0.717, 1.165) is 43.6 Å². The Kier molecular flexibility index (Phi) is 9.57. The zero-order valence-electron chi connectivity index (χ0n) is 19.2. The van der Waals surface area contributed by atoms with Crippen molar-refractivity contribution in [1.82, 2.24) is 0 Å². The van der Waals surface area contributed by atoms with Crippen molar-refractivity contribution in [3.05, 3.63) is 116 Å². The van der Waals surface area contributed by atoms with Gasteiger partial charge in [0.15, 0.2) is 0 Å². The summed E-state index contributed by atoms with van der Waals surface area (Å²) in [5.41, 5.74) is 5.94. The van der Waals surface area contributed by atoms with Crippen LogP contribution in [0.15, 0.2) is 93.7 Å². The van der Waals surface area contributed by atoms with E-state index in [1.807, 2.05) is 49.4 Å². The van der Waals surface area contributed by atoms with E-state index in [9.17, 15) is 5.26 Å². The summed E-state index contributed by atoms with van der Waals surface area (Å²) in [6.07, 6.45) is 5.00. The maximum absolute atomic E-state index is 9.77. The Balaban J connectivity index is 2.04. The molecule has 3 aromatic carbocycles. The molecule has 0 aliphatic heterocycles. The third kappa shape index (κ3) is 6.48. The Morgan fingerprint density at radius 1 is 1.09 bits per heavy atom. The first-order valence-electron chi connectivity index (χ1n) is 11.0. The second-order valence-corrected chi connectivity index (χ2v) is 9.44. The molecule has 0 bridgehead atoms. The molecule has 168 valence electrons. The molecule has 3 rings (SSSR count). The van der Waals surface area contributed by atoms with Crippen molar-refractivity contribution in [2.75, 3.05) is 0 Å². The number of thioether (sulfide) groups is 1. The van der Waals surface area contributed by atoms with Crippen LogP contribution in [0.2, 0.25) is 0 Å². The van der Waals surface area contributed by atoms with Gasteiger partial charge in [-0.1, -0.05) is 83.5 Å². The molecule has 0 aliphatic rings. The molecule has 1 atom stereocenters. The van der Waals surface area contributed by atoms with E-state index in [0.29, 0.717) is 12.2 Å². The van der Waals surface area contributed by atoms with Crippen LogP contribution in [-0.4, -0.2) is 0 Å². The second kappa shape index (κ2) is 12.6. The van der Waals surface area contributed by atoms with Crippen molar-refractivity contribution in [1.29, 1.82) is 5.26 Å². The van der Waals surface area contributed by atoms with Gasteiger partial charge in [0.2, 0.25) is 0 Å². The molecule has 0 spiro atoms. The van der Waals surface area contributed by atoms with Crippen LogP contribution in [0.1, 0.15) is 48.6 Å². The normalized spacial score (nSPS) is 12.6. The summed E-state index contributed by atoms with van der Waals surface area (Å²) in [6, 6.07) is 24.7. The molecule has 0 heterocycles. The number of halogens is 1. The molecule has 0 aromatic heterocycles. The fourth-order valence-electron chi connectivity index (χ4n) is 3.56. The van der Waals surface area contributed by atoms with Gasteiger partial charge in [-0.3, -0.25) is 0 Å². The van der Waals surface area contributed by atoms with Crippen LogP contribution in [0, 0.1) is 18.3 Å². The quantitative estimate of drug-likeness (QED) is 0.283. The minimum absolute atomic E-state index is 0.246. The lowest BCUT2D eigenvalue weighted by molar-refractivity contribution is 0.0690. The molecule has 0 amide bonds. The lowest BCUT2D eigenvalue weighted by Crippen LogP contribution is -2.07. The Morgan fingerprint density at radius 2 is 1.85 bits per heavy atom. The minimum Gasteiger partial charge on any atom is -0.364 e. The van der Waals surface area contributed by atoms with Gasteiger partial charge < -0.3 is 4.74 Å². The molecular formula is C29H28BrNOS. The summed E-state index contributed by atoms with van der Waals surface area (Å²) in [5.74, 6) is 0. The summed E-state index contributed by atoms with van der Waals surface area (Å²) < 4.78 is 7.57. The van der Waals surface area contributed by atoms with Gasteiger partial charge in [0.05, 0.1) is 18.2 Å². The van der Waals surface area contributed by atoms with Crippen LogP contribution in [0.25, 0.3) is 11.1 Å². The SMILES string of the molecule is C/C=C(\S/C=C/CC)C(OCc1ccccc1Br)c1ccc(C#N)c(-c2ccccc2C)c1.